The third kappa shape index (κ3) is 2.11. The zero-order chi connectivity index (χ0) is 12.4. The van der Waals surface area contributed by atoms with Crippen molar-refractivity contribution in [1.82, 2.24) is 15.1 Å². The van der Waals surface area contributed by atoms with Crippen molar-refractivity contribution >= 4 is 5.82 Å². The van der Waals surface area contributed by atoms with Gasteiger partial charge in [0, 0.05) is 32.2 Å². The van der Waals surface area contributed by atoms with Crippen LogP contribution >= 0.6 is 0 Å². The summed E-state index contributed by atoms with van der Waals surface area (Å²) in [6.07, 6.45) is 0. The number of rotatable bonds is 2. The predicted molar refractivity (Wildman–Crippen MR) is 73.4 cm³/mol. The second kappa shape index (κ2) is 4.82. The van der Waals surface area contributed by atoms with E-state index >= 15 is 0 Å². The highest BCUT2D eigenvalue weighted by atomic mass is 15.4. The molecule has 0 saturated carbocycles. The van der Waals surface area contributed by atoms with Crippen LogP contribution in [-0.4, -0.2) is 36.0 Å². The Kier molecular flexibility index (Phi) is 3.02. The summed E-state index contributed by atoms with van der Waals surface area (Å²) >= 11 is 0. The van der Waals surface area contributed by atoms with Gasteiger partial charge in [-0.25, -0.2) is 4.68 Å². The summed E-state index contributed by atoms with van der Waals surface area (Å²) in [7, 11) is 0. The van der Waals surface area contributed by atoms with Crippen LogP contribution in [0.4, 0.5) is 5.82 Å². The molecule has 1 aromatic carbocycles. The van der Waals surface area contributed by atoms with Crippen LogP contribution < -0.4 is 10.2 Å². The minimum atomic E-state index is 1.04. The first-order valence-electron chi connectivity index (χ1n) is 6.42. The Morgan fingerprint density at radius 2 is 1.83 bits per heavy atom. The van der Waals surface area contributed by atoms with Gasteiger partial charge >= 0.3 is 0 Å². The molecule has 0 radical (unpaired) electrons. The van der Waals surface area contributed by atoms with Crippen LogP contribution in [0.5, 0.6) is 0 Å². The smallest absolute Gasteiger partial charge is 0.132 e. The van der Waals surface area contributed by atoms with Crippen molar-refractivity contribution in [2.45, 2.75) is 6.92 Å². The molecule has 1 fully saturated rings. The number of para-hydroxylation sites is 1. The lowest BCUT2D eigenvalue weighted by Crippen LogP contribution is -2.44. The maximum absolute atomic E-state index is 4.61. The van der Waals surface area contributed by atoms with E-state index in [-0.39, 0.29) is 0 Å². The first-order chi connectivity index (χ1) is 8.84. The molecule has 2 aromatic rings. The van der Waals surface area contributed by atoms with Gasteiger partial charge < -0.3 is 10.2 Å². The Hall–Kier alpha value is -1.81. The number of hydrogen-bond acceptors (Lipinski definition) is 3. The molecule has 1 N–H and O–H groups in total. The standard InChI is InChI=1S/C14H18N4/c1-12-11-14(17-9-7-15-8-10-17)18(16-12)13-5-3-2-4-6-13/h2-6,11,15H,7-10H2,1H3. The predicted octanol–water partition coefficient (Wildman–Crippen LogP) is 1.59. The second-order valence-corrected chi connectivity index (χ2v) is 4.63. The lowest BCUT2D eigenvalue weighted by atomic mass is 10.3. The van der Waals surface area contributed by atoms with Gasteiger partial charge in [-0.2, -0.15) is 5.10 Å². The van der Waals surface area contributed by atoms with Crippen LogP contribution in [0.25, 0.3) is 5.69 Å². The van der Waals surface area contributed by atoms with Gasteiger partial charge in [0.15, 0.2) is 0 Å². The molecule has 0 atom stereocenters. The first-order valence-corrected chi connectivity index (χ1v) is 6.42. The molecule has 0 amide bonds. The fourth-order valence-corrected chi connectivity index (χ4v) is 2.36. The van der Waals surface area contributed by atoms with Crippen LogP contribution in [0.2, 0.25) is 0 Å². The van der Waals surface area contributed by atoms with Crippen molar-refractivity contribution in [3.8, 4) is 5.69 Å². The Morgan fingerprint density at radius 1 is 1.11 bits per heavy atom. The van der Waals surface area contributed by atoms with Gasteiger partial charge in [-0.3, -0.25) is 0 Å². The zero-order valence-corrected chi connectivity index (χ0v) is 10.6. The molecular formula is C14H18N4. The number of nitrogens with zero attached hydrogens (tertiary/aromatic N) is 3. The van der Waals surface area contributed by atoms with Crippen LogP contribution in [0.15, 0.2) is 36.4 Å². The van der Waals surface area contributed by atoms with E-state index in [1.165, 1.54) is 5.82 Å². The number of piperazine rings is 1. The Bertz CT molecular complexity index is 512. The monoisotopic (exact) mass is 242 g/mol. The fraction of sp³-hybridized carbons (Fsp3) is 0.357. The minimum absolute atomic E-state index is 1.04. The second-order valence-electron chi connectivity index (χ2n) is 4.63. The summed E-state index contributed by atoms with van der Waals surface area (Å²) in [6.45, 7) is 6.21. The maximum Gasteiger partial charge on any atom is 0.132 e. The molecule has 94 valence electrons. The molecule has 1 aliphatic heterocycles. The third-order valence-corrected chi connectivity index (χ3v) is 3.25. The van der Waals surface area contributed by atoms with E-state index in [0.29, 0.717) is 0 Å². The Morgan fingerprint density at radius 3 is 2.56 bits per heavy atom. The Balaban J connectivity index is 1.99. The minimum Gasteiger partial charge on any atom is -0.354 e. The summed E-state index contributed by atoms with van der Waals surface area (Å²) in [5.74, 6) is 1.19. The van der Waals surface area contributed by atoms with E-state index in [1.807, 2.05) is 29.8 Å². The van der Waals surface area contributed by atoms with Crippen LogP contribution in [0, 0.1) is 6.92 Å². The van der Waals surface area contributed by atoms with Gasteiger partial charge in [0.05, 0.1) is 11.4 Å². The first kappa shape index (κ1) is 11.3. The molecule has 0 spiro atoms. The highest BCUT2D eigenvalue weighted by Crippen LogP contribution is 2.21. The number of benzene rings is 1. The molecule has 1 saturated heterocycles. The van der Waals surface area contributed by atoms with Crippen molar-refractivity contribution in [2.75, 3.05) is 31.1 Å². The highest BCUT2D eigenvalue weighted by molar-refractivity contribution is 5.48. The molecule has 1 aromatic heterocycles. The zero-order valence-electron chi connectivity index (χ0n) is 10.6. The molecule has 4 nitrogen and oxygen atoms in total. The van der Waals surface area contributed by atoms with Crippen molar-refractivity contribution in [3.63, 3.8) is 0 Å². The summed E-state index contributed by atoms with van der Waals surface area (Å²) in [5.41, 5.74) is 2.19. The molecule has 3 rings (SSSR count). The summed E-state index contributed by atoms with van der Waals surface area (Å²) in [4.78, 5) is 2.39. The molecule has 0 aliphatic carbocycles. The molecule has 0 bridgehead atoms. The van der Waals surface area contributed by atoms with Crippen LogP contribution in [0.1, 0.15) is 5.69 Å². The van der Waals surface area contributed by atoms with Gasteiger partial charge in [-0.05, 0) is 19.1 Å². The molecule has 2 heterocycles. The van der Waals surface area contributed by atoms with Crippen LogP contribution in [0.3, 0.4) is 0 Å². The average molecular weight is 242 g/mol. The quantitative estimate of drug-likeness (QED) is 0.868. The van der Waals surface area contributed by atoms with E-state index in [2.05, 4.69) is 33.5 Å². The molecule has 4 heteroatoms. The van der Waals surface area contributed by atoms with Crippen molar-refractivity contribution in [2.24, 2.45) is 0 Å². The largest absolute Gasteiger partial charge is 0.354 e. The lowest BCUT2D eigenvalue weighted by Gasteiger charge is -2.29. The van der Waals surface area contributed by atoms with E-state index in [0.717, 1.165) is 37.6 Å². The highest BCUT2D eigenvalue weighted by Gasteiger charge is 2.16. The number of hydrogen-bond donors (Lipinski definition) is 1. The number of aromatic nitrogens is 2. The van der Waals surface area contributed by atoms with E-state index in [1.54, 1.807) is 0 Å². The van der Waals surface area contributed by atoms with E-state index in [9.17, 15) is 0 Å². The molecule has 18 heavy (non-hydrogen) atoms. The number of nitrogens with one attached hydrogen (secondary N) is 1. The Labute approximate surface area is 107 Å². The van der Waals surface area contributed by atoms with Gasteiger partial charge in [0.1, 0.15) is 5.82 Å². The van der Waals surface area contributed by atoms with Gasteiger partial charge in [0.2, 0.25) is 0 Å². The normalized spacial score (nSPS) is 15.9. The van der Waals surface area contributed by atoms with Crippen molar-refractivity contribution < 1.29 is 0 Å². The number of aryl methyl sites for hydroxylation is 1. The van der Waals surface area contributed by atoms with Gasteiger partial charge in [-0.1, -0.05) is 18.2 Å². The SMILES string of the molecule is Cc1cc(N2CCNCC2)n(-c2ccccc2)n1. The van der Waals surface area contributed by atoms with Gasteiger partial charge in [0.25, 0.3) is 0 Å². The van der Waals surface area contributed by atoms with E-state index in [4.69, 9.17) is 0 Å². The van der Waals surface area contributed by atoms with Crippen LogP contribution in [-0.2, 0) is 0 Å². The number of anilines is 1. The third-order valence-electron chi connectivity index (χ3n) is 3.25. The molecule has 1 aliphatic rings. The van der Waals surface area contributed by atoms with Gasteiger partial charge in [-0.15, -0.1) is 0 Å². The maximum atomic E-state index is 4.61. The molecule has 0 unspecified atom stereocenters. The summed E-state index contributed by atoms with van der Waals surface area (Å²) in [6, 6.07) is 12.5. The molecular weight excluding hydrogens is 224 g/mol. The topological polar surface area (TPSA) is 33.1 Å². The fourth-order valence-electron chi connectivity index (χ4n) is 2.36. The van der Waals surface area contributed by atoms with Crippen molar-refractivity contribution in [3.05, 3.63) is 42.1 Å². The lowest BCUT2D eigenvalue weighted by molar-refractivity contribution is 0.579. The summed E-state index contributed by atoms with van der Waals surface area (Å²) < 4.78 is 2.04. The van der Waals surface area contributed by atoms with Crippen molar-refractivity contribution in [1.29, 1.82) is 0 Å². The average Bonchev–Trinajstić information content (AvgIpc) is 2.83. The van der Waals surface area contributed by atoms with E-state index < -0.39 is 0 Å². The summed E-state index contributed by atoms with van der Waals surface area (Å²) in [5, 5.41) is 7.99.